The summed E-state index contributed by atoms with van der Waals surface area (Å²) in [5, 5.41) is 8.86. The Labute approximate surface area is 76.4 Å². The molecular weight excluding hydrogens is 168 g/mol. The maximum atomic E-state index is 10.8. The molecule has 1 heterocycles. The van der Waals surface area contributed by atoms with E-state index in [0.29, 0.717) is 0 Å². The van der Waals surface area contributed by atoms with E-state index in [2.05, 4.69) is 0 Å². The van der Waals surface area contributed by atoms with Gasteiger partial charge in [-0.3, -0.25) is 0 Å². The highest BCUT2D eigenvalue weighted by Gasteiger charge is 2.26. The molecule has 0 radical (unpaired) electrons. The molecule has 0 fully saturated rings. The van der Waals surface area contributed by atoms with Crippen molar-refractivity contribution < 1.29 is 14.3 Å². The van der Waals surface area contributed by atoms with Crippen LogP contribution in [-0.2, 0) is 19.3 Å². The minimum Gasteiger partial charge on any atom is -0.475 e. The van der Waals surface area contributed by atoms with Crippen LogP contribution in [0.2, 0.25) is 0 Å². The van der Waals surface area contributed by atoms with E-state index in [0.717, 1.165) is 42.6 Å². The zero-order chi connectivity index (χ0) is 9.42. The summed E-state index contributed by atoms with van der Waals surface area (Å²) in [6.07, 6.45) is 3.69. The van der Waals surface area contributed by atoms with Gasteiger partial charge in [0.15, 0.2) is 0 Å². The van der Waals surface area contributed by atoms with Crippen molar-refractivity contribution in [2.45, 2.75) is 32.6 Å². The molecule has 3 heteroatoms. The number of aryl methyl sites for hydroxylation is 1. The Hall–Kier alpha value is -1.25. The highest BCUT2D eigenvalue weighted by Crippen LogP contribution is 2.31. The summed E-state index contributed by atoms with van der Waals surface area (Å²) in [6.45, 7) is 1.99. The van der Waals surface area contributed by atoms with Gasteiger partial charge in [0.1, 0.15) is 5.76 Å². The van der Waals surface area contributed by atoms with Gasteiger partial charge >= 0.3 is 5.97 Å². The lowest BCUT2D eigenvalue weighted by Gasteiger charge is -1.92. The molecular formula is C10H12O3. The fourth-order valence-electron chi connectivity index (χ4n) is 2.01. The second-order valence-electron chi connectivity index (χ2n) is 3.32. The number of aromatic carboxylic acids is 1. The lowest BCUT2D eigenvalue weighted by Crippen LogP contribution is -1.97. The zero-order valence-electron chi connectivity index (χ0n) is 7.59. The highest BCUT2D eigenvalue weighted by atomic mass is 16.4. The van der Waals surface area contributed by atoms with Crippen LogP contribution in [0.1, 0.15) is 40.8 Å². The first-order chi connectivity index (χ1) is 6.24. The van der Waals surface area contributed by atoms with Gasteiger partial charge in [0.05, 0.1) is 0 Å². The number of hydrogen-bond acceptors (Lipinski definition) is 2. The lowest BCUT2D eigenvalue weighted by molar-refractivity contribution is 0.0659. The monoisotopic (exact) mass is 180 g/mol. The molecule has 0 amide bonds. The number of carboxylic acids is 1. The van der Waals surface area contributed by atoms with Crippen LogP contribution in [0.5, 0.6) is 0 Å². The molecule has 2 rings (SSSR count). The number of hydrogen-bond donors (Lipinski definition) is 1. The molecule has 0 aliphatic heterocycles. The van der Waals surface area contributed by atoms with Crippen molar-refractivity contribution in [1.82, 2.24) is 0 Å². The Morgan fingerprint density at radius 1 is 1.46 bits per heavy atom. The van der Waals surface area contributed by atoms with Crippen LogP contribution in [-0.4, -0.2) is 11.1 Å². The third kappa shape index (κ3) is 1.15. The van der Waals surface area contributed by atoms with Gasteiger partial charge in [-0.25, -0.2) is 4.79 Å². The lowest BCUT2D eigenvalue weighted by atomic mass is 10.1. The second kappa shape index (κ2) is 2.91. The van der Waals surface area contributed by atoms with Crippen molar-refractivity contribution in [1.29, 1.82) is 0 Å². The van der Waals surface area contributed by atoms with E-state index in [-0.39, 0.29) is 5.76 Å². The quantitative estimate of drug-likeness (QED) is 0.757. The van der Waals surface area contributed by atoms with Crippen LogP contribution in [0, 0.1) is 0 Å². The van der Waals surface area contributed by atoms with Crippen LogP contribution in [0.15, 0.2) is 4.42 Å². The first-order valence-corrected chi connectivity index (χ1v) is 4.60. The summed E-state index contributed by atoms with van der Waals surface area (Å²) in [5.74, 6) is 0.104. The van der Waals surface area contributed by atoms with E-state index >= 15 is 0 Å². The van der Waals surface area contributed by atoms with E-state index < -0.39 is 5.97 Å². The van der Waals surface area contributed by atoms with Gasteiger partial charge in [0, 0.05) is 12.0 Å². The molecule has 1 N–H and O–H groups in total. The van der Waals surface area contributed by atoms with Gasteiger partial charge in [0.2, 0.25) is 5.76 Å². The normalized spacial score (nSPS) is 14.5. The van der Waals surface area contributed by atoms with E-state index in [1.807, 2.05) is 6.92 Å². The smallest absolute Gasteiger partial charge is 0.372 e. The van der Waals surface area contributed by atoms with Crippen molar-refractivity contribution in [3.8, 4) is 0 Å². The Kier molecular flexibility index (Phi) is 1.87. The standard InChI is InChI=1S/C10H12O3/c1-2-8-6-4-3-5-7(6)9(13-8)10(11)12/h2-5H2,1H3,(H,11,12). The number of carboxylic acid groups (broad SMARTS) is 1. The molecule has 1 aliphatic rings. The largest absolute Gasteiger partial charge is 0.475 e. The summed E-state index contributed by atoms with van der Waals surface area (Å²) in [5.41, 5.74) is 2.09. The third-order valence-electron chi connectivity index (χ3n) is 2.57. The minimum atomic E-state index is -0.933. The van der Waals surface area contributed by atoms with Gasteiger partial charge in [-0.15, -0.1) is 0 Å². The van der Waals surface area contributed by atoms with E-state index in [9.17, 15) is 4.79 Å². The second-order valence-corrected chi connectivity index (χ2v) is 3.32. The number of fused-ring (bicyclic) bond motifs is 1. The van der Waals surface area contributed by atoms with Crippen molar-refractivity contribution in [2.75, 3.05) is 0 Å². The van der Waals surface area contributed by atoms with Crippen molar-refractivity contribution >= 4 is 5.97 Å². The van der Waals surface area contributed by atoms with Crippen LogP contribution in [0.3, 0.4) is 0 Å². The summed E-state index contributed by atoms with van der Waals surface area (Å²) in [7, 11) is 0. The Morgan fingerprint density at radius 2 is 2.15 bits per heavy atom. The zero-order valence-corrected chi connectivity index (χ0v) is 7.59. The fourth-order valence-corrected chi connectivity index (χ4v) is 2.01. The van der Waals surface area contributed by atoms with Crippen molar-refractivity contribution in [3.63, 3.8) is 0 Å². The topological polar surface area (TPSA) is 50.4 Å². The van der Waals surface area contributed by atoms with Crippen LogP contribution in [0.25, 0.3) is 0 Å². The molecule has 1 aliphatic carbocycles. The van der Waals surface area contributed by atoms with Gasteiger partial charge in [-0.05, 0) is 24.8 Å². The van der Waals surface area contributed by atoms with Gasteiger partial charge in [-0.1, -0.05) is 6.92 Å². The Bertz CT molecular complexity index is 349. The molecule has 13 heavy (non-hydrogen) atoms. The Morgan fingerprint density at radius 3 is 2.77 bits per heavy atom. The molecule has 0 unspecified atom stereocenters. The van der Waals surface area contributed by atoms with Crippen LogP contribution in [0.4, 0.5) is 0 Å². The summed E-state index contributed by atoms with van der Waals surface area (Å²) >= 11 is 0. The molecule has 0 spiro atoms. The maximum absolute atomic E-state index is 10.8. The van der Waals surface area contributed by atoms with Gasteiger partial charge in [-0.2, -0.15) is 0 Å². The molecule has 0 aromatic carbocycles. The molecule has 70 valence electrons. The summed E-state index contributed by atoms with van der Waals surface area (Å²) in [6, 6.07) is 0. The molecule has 1 aromatic rings. The predicted octanol–water partition coefficient (Wildman–Crippen LogP) is 2.03. The van der Waals surface area contributed by atoms with E-state index in [4.69, 9.17) is 9.52 Å². The first kappa shape index (κ1) is 8.35. The fraction of sp³-hybridized carbons (Fsp3) is 0.500. The average Bonchev–Trinajstić information content (AvgIpc) is 2.61. The molecule has 3 nitrogen and oxygen atoms in total. The van der Waals surface area contributed by atoms with Gasteiger partial charge < -0.3 is 9.52 Å². The van der Waals surface area contributed by atoms with Crippen LogP contribution < -0.4 is 0 Å². The highest BCUT2D eigenvalue weighted by molar-refractivity contribution is 5.87. The van der Waals surface area contributed by atoms with Crippen molar-refractivity contribution in [2.24, 2.45) is 0 Å². The predicted molar refractivity (Wildman–Crippen MR) is 47.1 cm³/mol. The average molecular weight is 180 g/mol. The van der Waals surface area contributed by atoms with Crippen LogP contribution >= 0.6 is 0 Å². The van der Waals surface area contributed by atoms with E-state index in [1.165, 1.54) is 0 Å². The third-order valence-corrected chi connectivity index (χ3v) is 2.57. The number of furan rings is 1. The minimum absolute atomic E-state index is 0.171. The number of carbonyl (C=O) groups is 1. The summed E-state index contributed by atoms with van der Waals surface area (Å²) in [4.78, 5) is 10.8. The summed E-state index contributed by atoms with van der Waals surface area (Å²) < 4.78 is 5.30. The van der Waals surface area contributed by atoms with E-state index in [1.54, 1.807) is 0 Å². The maximum Gasteiger partial charge on any atom is 0.372 e. The Balaban J connectivity index is 2.54. The SMILES string of the molecule is CCc1oc(C(=O)O)c2c1CCC2. The van der Waals surface area contributed by atoms with Crippen molar-refractivity contribution in [3.05, 3.63) is 22.6 Å². The molecule has 0 atom stereocenters. The van der Waals surface area contributed by atoms with Gasteiger partial charge in [0.25, 0.3) is 0 Å². The molecule has 0 bridgehead atoms. The molecule has 1 aromatic heterocycles. The number of rotatable bonds is 2. The first-order valence-electron chi connectivity index (χ1n) is 4.60. The molecule has 0 saturated heterocycles. The molecule has 0 saturated carbocycles.